The average molecular weight is 319 g/mol. The maximum absolute atomic E-state index is 12.1. The number of nitrogens with one attached hydrogen (secondary N) is 1. The zero-order chi connectivity index (χ0) is 17.0. The van der Waals surface area contributed by atoms with Gasteiger partial charge >= 0.3 is 0 Å². The minimum atomic E-state index is -0.581. The molecular formula is C15H19N4O4-. The lowest BCUT2D eigenvalue weighted by atomic mass is 10.2. The Morgan fingerprint density at radius 1 is 1.35 bits per heavy atom. The fourth-order valence-corrected chi connectivity index (χ4v) is 2.23. The van der Waals surface area contributed by atoms with E-state index in [4.69, 9.17) is 5.21 Å². The van der Waals surface area contributed by atoms with E-state index in [1.54, 1.807) is 24.3 Å². The largest absolute Gasteiger partial charge is 0.733 e. The van der Waals surface area contributed by atoms with Crippen LogP contribution < -0.4 is 16.0 Å². The molecular weight excluding hydrogens is 300 g/mol. The number of para-hydroxylation sites is 1. The first kappa shape index (κ1) is 16.9. The third-order valence-corrected chi connectivity index (χ3v) is 3.37. The molecule has 2 aromatic rings. The van der Waals surface area contributed by atoms with Gasteiger partial charge < -0.3 is 25.2 Å². The lowest BCUT2D eigenvalue weighted by Gasteiger charge is -2.23. The standard InChI is InChI=1S/C15H19N4O4/c1-17(2)8-7-16-14(20)10-18-9-13(19(22)23)15(21)11-5-3-4-6-12(11)18/h3-6,9,22H,7-8,10H2,1-2H3,(H,16,20)/q-1. The monoisotopic (exact) mass is 319 g/mol. The summed E-state index contributed by atoms with van der Waals surface area (Å²) in [5.41, 5.74) is -0.488. The number of fused-ring (bicyclic) bond motifs is 1. The summed E-state index contributed by atoms with van der Waals surface area (Å²) >= 11 is 0. The molecule has 1 aromatic heterocycles. The van der Waals surface area contributed by atoms with Gasteiger partial charge in [-0.15, -0.1) is 0 Å². The van der Waals surface area contributed by atoms with E-state index in [0.717, 1.165) is 0 Å². The van der Waals surface area contributed by atoms with Gasteiger partial charge in [-0.3, -0.25) is 14.8 Å². The summed E-state index contributed by atoms with van der Waals surface area (Å²) in [4.78, 5) is 26.1. The number of likely N-dealkylation sites (N-methyl/N-ethyl adjacent to an activating group) is 1. The van der Waals surface area contributed by atoms with Crippen LogP contribution in [-0.2, 0) is 11.3 Å². The molecule has 23 heavy (non-hydrogen) atoms. The summed E-state index contributed by atoms with van der Waals surface area (Å²) in [5.74, 6) is -0.248. The molecule has 1 aromatic carbocycles. The first-order valence-electron chi connectivity index (χ1n) is 7.10. The Kier molecular flexibility index (Phi) is 5.32. The lowest BCUT2D eigenvalue weighted by Crippen LogP contribution is -2.34. The maximum atomic E-state index is 12.1. The molecule has 0 fully saturated rings. The molecule has 0 aliphatic heterocycles. The van der Waals surface area contributed by atoms with Crippen molar-refractivity contribution in [3.8, 4) is 0 Å². The molecule has 8 nitrogen and oxygen atoms in total. The topological polar surface area (TPSA) is 101 Å². The molecule has 0 bridgehead atoms. The third-order valence-electron chi connectivity index (χ3n) is 3.37. The number of hydrogen-bond donors (Lipinski definition) is 2. The highest BCUT2D eigenvalue weighted by atomic mass is 16.8. The van der Waals surface area contributed by atoms with Crippen LogP contribution in [0.15, 0.2) is 35.3 Å². The van der Waals surface area contributed by atoms with Crippen molar-refractivity contribution in [3.05, 3.63) is 45.9 Å². The molecule has 0 saturated carbocycles. The van der Waals surface area contributed by atoms with Crippen LogP contribution in [0.5, 0.6) is 0 Å². The van der Waals surface area contributed by atoms with Crippen LogP contribution in [0.3, 0.4) is 0 Å². The number of pyridine rings is 1. The molecule has 0 saturated heterocycles. The maximum Gasteiger partial charge on any atom is 0.239 e. The lowest BCUT2D eigenvalue weighted by molar-refractivity contribution is -0.121. The minimum absolute atomic E-state index is 0.0605. The normalized spacial score (nSPS) is 11.0. The number of aromatic nitrogens is 1. The highest BCUT2D eigenvalue weighted by Gasteiger charge is 2.11. The molecule has 2 N–H and O–H groups in total. The average Bonchev–Trinajstić information content (AvgIpc) is 2.49. The highest BCUT2D eigenvalue weighted by Crippen LogP contribution is 2.15. The van der Waals surface area contributed by atoms with Crippen molar-refractivity contribution in [2.45, 2.75) is 6.54 Å². The van der Waals surface area contributed by atoms with Crippen LogP contribution in [0.25, 0.3) is 10.9 Å². The van der Waals surface area contributed by atoms with Gasteiger partial charge in [-0.2, -0.15) is 0 Å². The molecule has 0 atom stereocenters. The first-order chi connectivity index (χ1) is 10.9. The molecule has 124 valence electrons. The van der Waals surface area contributed by atoms with Gasteiger partial charge in [-0.25, -0.2) is 0 Å². The van der Waals surface area contributed by atoms with Crippen LogP contribution in [0.2, 0.25) is 0 Å². The van der Waals surface area contributed by atoms with Gasteiger partial charge in [0.25, 0.3) is 0 Å². The Morgan fingerprint density at radius 3 is 2.70 bits per heavy atom. The Morgan fingerprint density at radius 2 is 2.04 bits per heavy atom. The molecule has 1 amide bonds. The number of amides is 1. The summed E-state index contributed by atoms with van der Waals surface area (Å²) in [6.07, 6.45) is 1.18. The van der Waals surface area contributed by atoms with Gasteiger partial charge in [0.15, 0.2) is 0 Å². The van der Waals surface area contributed by atoms with Crippen molar-refractivity contribution in [2.75, 3.05) is 32.4 Å². The highest BCUT2D eigenvalue weighted by molar-refractivity contribution is 5.84. The van der Waals surface area contributed by atoms with Crippen molar-refractivity contribution in [3.63, 3.8) is 0 Å². The van der Waals surface area contributed by atoms with Crippen molar-refractivity contribution in [1.82, 2.24) is 14.8 Å². The summed E-state index contributed by atoms with van der Waals surface area (Å²) in [7, 11) is 3.80. The predicted octanol–water partition coefficient (Wildman–Crippen LogP) is 0.373. The number of anilines is 1. The summed E-state index contributed by atoms with van der Waals surface area (Å²) < 4.78 is 1.47. The van der Waals surface area contributed by atoms with E-state index in [1.165, 1.54) is 10.8 Å². The second-order valence-electron chi connectivity index (χ2n) is 5.41. The molecule has 1 heterocycles. The minimum Gasteiger partial charge on any atom is -0.733 e. The fraction of sp³-hybridized carbons (Fsp3) is 0.333. The quantitative estimate of drug-likeness (QED) is 0.746. The van der Waals surface area contributed by atoms with Gasteiger partial charge in [0.1, 0.15) is 12.2 Å². The van der Waals surface area contributed by atoms with E-state index in [0.29, 0.717) is 18.6 Å². The molecule has 2 rings (SSSR count). The Balaban J connectivity index is 2.31. The second kappa shape index (κ2) is 7.23. The van der Waals surface area contributed by atoms with Crippen LogP contribution >= 0.6 is 0 Å². The number of benzene rings is 1. The number of carbonyl (C=O) groups excluding carboxylic acids is 1. The first-order valence-corrected chi connectivity index (χ1v) is 7.10. The summed E-state index contributed by atoms with van der Waals surface area (Å²) in [6, 6.07) is 6.61. The molecule has 8 heteroatoms. The van der Waals surface area contributed by atoms with E-state index in [-0.39, 0.29) is 17.8 Å². The van der Waals surface area contributed by atoms with E-state index >= 15 is 0 Å². The van der Waals surface area contributed by atoms with Crippen LogP contribution in [0.1, 0.15) is 0 Å². The zero-order valence-corrected chi connectivity index (χ0v) is 13.0. The number of nitrogens with zero attached hydrogens (tertiary/aromatic N) is 3. The molecule has 0 aliphatic carbocycles. The number of rotatable bonds is 6. The molecule has 0 radical (unpaired) electrons. The van der Waals surface area contributed by atoms with Crippen LogP contribution in [0.4, 0.5) is 5.69 Å². The van der Waals surface area contributed by atoms with Gasteiger partial charge in [-0.05, 0) is 26.2 Å². The molecule has 0 aliphatic rings. The zero-order valence-electron chi connectivity index (χ0n) is 13.0. The van der Waals surface area contributed by atoms with Gasteiger partial charge in [0, 0.05) is 24.7 Å². The smallest absolute Gasteiger partial charge is 0.239 e. The SMILES string of the molecule is CN(C)CCNC(=O)Cn1cc(N([O-])O)c(=O)c2ccccc21. The Hall–Kier alpha value is -2.42. The number of carbonyl (C=O) groups is 1. The summed E-state index contributed by atoms with van der Waals surface area (Å²) in [6.45, 7) is 1.13. The summed E-state index contributed by atoms with van der Waals surface area (Å²) in [5, 5.41) is 22.8. The van der Waals surface area contributed by atoms with Crippen molar-refractivity contribution in [2.24, 2.45) is 0 Å². The van der Waals surface area contributed by atoms with Crippen molar-refractivity contribution in [1.29, 1.82) is 0 Å². The third kappa shape index (κ3) is 4.07. The van der Waals surface area contributed by atoms with Crippen molar-refractivity contribution < 1.29 is 10.0 Å². The van der Waals surface area contributed by atoms with E-state index in [9.17, 15) is 14.8 Å². The van der Waals surface area contributed by atoms with Gasteiger partial charge in [-0.1, -0.05) is 12.1 Å². The molecule has 0 spiro atoms. The van der Waals surface area contributed by atoms with Crippen LogP contribution in [0, 0.1) is 5.21 Å². The van der Waals surface area contributed by atoms with E-state index in [1.807, 2.05) is 19.0 Å². The van der Waals surface area contributed by atoms with Crippen LogP contribution in [-0.4, -0.2) is 47.8 Å². The van der Waals surface area contributed by atoms with Gasteiger partial charge in [0.05, 0.1) is 5.52 Å². The number of hydrogen-bond acceptors (Lipinski definition) is 6. The second-order valence-corrected chi connectivity index (χ2v) is 5.41. The fourth-order valence-electron chi connectivity index (χ4n) is 2.23. The van der Waals surface area contributed by atoms with E-state index in [2.05, 4.69) is 5.32 Å². The molecule has 0 unspecified atom stereocenters. The van der Waals surface area contributed by atoms with Crippen molar-refractivity contribution >= 4 is 22.5 Å². The predicted molar refractivity (Wildman–Crippen MR) is 87.4 cm³/mol. The Labute approximate surface area is 133 Å². The Bertz CT molecular complexity index is 755. The van der Waals surface area contributed by atoms with E-state index < -0.39 is 16.3 Å². The van der Waals surface area contributed by atoms with Gasteiger partial charge in [0.2, 0.25) is 11.3 Å².